The Balaban J connectivity index is 1.39. The van der Waals surface area contributed by atoms with E-state index in [9.17, 15) is 19.5 Å². The van der Waals surface area contributed by atoms with Crippen LogP contribution in [0.3, 0.4) is 0 Å². The zero-order chi connectivity index (χ0) is 22.9. The summed E-state index contributed by atoms with van der Waals surface area (Å²) in [5.41, 5.74) is 2.44. The molecular formula is C25H28N2O5. The number of nitrogens with one attached hydrogen (secondary N) is 2. The molecule has 2 amide bonds. The van der Waals surface area contributed by atoms with Gasteiger partial charge < -0.3 is 20.5 Å². The lowest BCUT2D eigenvalue weighted by Crippen LogP contribution is -2.57. The lowest BCUT2D eigenvalue weighted by Gasteiger charge is -2.28. The highest BCUT2D eigenvalue weighted by molar-refractivity contribution is 5.90. The third kappa shape index (κ3) is 3.95. The van der Waals surface area contributed by atoms with Gasteiger partial charge in [0, 0.05) is 12.5 Å². The highest BCUT2D eigenvalue weighted by Gasteiger charge is 2.51. The fraction of sp³-hybridized carbons (Fsp3) is 0.400. The number of amides is 2. The van der Waals surface area contributed by atoms with E-state index >= 15 is 0 Å². The fourth-order valence-corrected chi connectivity index (χ4v) is 4.23. The summed E-state index contributed by atoms with van der Waals surface area (Å²) in [6, 6.07) is 16.1. The number of aliphatic carboxylic acids is 1. The Morgan fingerprint density at radius 3 is 2.12 bits per heavy atom. The van der Waals surface area contributed by atoms with Gasteiger partial charge in [-0.2, -0.15) is 0 Å². The van der Waals surface area contributed by atoms with E-state index in [1.54, 1.807) is 13.8 Å². The van der Waals surface area contributed by atoms with Crippen molar-refractivity contribution in [2.75, 3.05) is 13.2 Å². The maximum absolute atomic E-state index is 12.7. The minimum atomic E-state index is -1.20. The molecule has 2 aromatic carbocycles. The first kappa shape index (κ1) is 21.9. The molecule has 4 rings (SSSR count). The molecule has 0 aliphatic heterocycles. The van der Waals surface area contributed by atoms with Crippen LogP contribution in [0.1, 0.15) is 50.2 Å². The number of carbonyl (C=O) groups is 3. The average molecular weight is 437 g/mol. The monoisotopic (exact) mass is 436 g/mol. The van der Waals surface area contributed by atoms with E-state index in [1.165, 1.54) is 0 Å². The second-order valence-corrected chi connectivity index (χ2v) is 8.90. The highest BCUT2D eigenvalue weighted by Crippen LogP contribution is 2.45. The largest absolute Gasteiger partial charge is 0.481 e. The van der Waals surface area contributed by atoms with Gasteiger partial charge >= 0.3 is 12.1 Å². The Bertz CT molecular complexity index is 1020. The van der Waals surface area contributed by atoms with Gasteiger partial charge in [-0.15, -0.1) is 0 Å². The molecule has 1 saturated carbocycles. The van der Waals surface area contributed by atoms with E-state index in [1.807, 2.05) is 36.4 Å². The zero-order valence-corrected chi connectivity index (χ0v) is 18.3. The number of hydrogen-bond acceptors (Lipinski definition) is 4. The van der Waals surface area contributed by atoms with Crippen molar-refractivity contribution < 1.29 is 24.2 Å². The van der Waals surface area contributed by atoms with Crippen molar-refractivity contribution in [2.24, 2.45) is 5.41 Å². The summed E-state index contributed by atoms with van der Waals surface area (Å²) in [5.74, 6) is -1.39. The lowest BCUT2D eigenvalue weighted by atomic mass is 9.97. The summed E-state index contributed by atoms with van der Waals surface area (Å²) in [7, 11) is 0. The first-order valence-electron chi connectivity index (χ1n) is 10.9. The number of hydrogen-bond donors (Lipinski definition) is 3. The minimum Gasteiger partial charge on any atom is -0.481 e. The van der Waals surface area contributed by atoms with E-state index < -0.39 is 28.9 Å². The number of carbonyl (C=O) groups excluding carboxylic acids is 2. The van der Waals surface area contributed by atoms with Crippen LogP contribution in [0.25, 0.3) is 11.1 Å². The molecule has 0 aromatic heterocycles. The third-order valence-corrected chi connectivity index (χ3v) is 6.82. The van der Waals surface area contributed by atoms with Gasteiger partial charge in [-0.25, -0.2) is 4.79 Å². The average Bonchev–Trinajstić information content (AvgIpc) is 3.53. The van der Waals surface area contributed by atoms with Crippen LogP contribution < -0.4 is 10.6 Å². The highest BCUT2D eigenvalue weighted by atomic mass is 16.5. The molecule has 1 atom stereocenters. The van der Waals surface area contributed by atoms with Crippen molar-refractivity contribution in [3.8, 4) is 11.1 Å². The summed E-state index contributed by atoms with van der Waals surface area (Å²) in [5, 5.41) is 14.7. The molecule has 32 heavy (non-hydrogen) atoms. The van der Waals surface area contributed by atoms with Crippen LogP contribution in [0, 0.1) is 5.41 Å². The van der Waals surface area contributed by atoms with Crippen LogP contribution in [0.15, 0.2) is 48.5 Å². The van der Waals surface area contributed by atoms with E-state index in [2.05, 4.69) is 22.8 Å². The second-order valence-electron chi connectivity index (χ2n) is 8.90. The van der Waals surface area contributed by atoms with Crippen LogP contribution in [0.4, 0.5) is 4.79 Å². The smallest absolute Gasteiger partial charge is 0.408 e. The summed E-state index contributed by atoms with van der Waals surface area (Å²) in [4.78, 5) is 36.7. The number of carboxylic acids is 1. The van der Waals surface area contributed by atoms with Crippen molar-refractivity contribution in [1.29, 1.82) is 0 Å². The number of fused-ring (bicyclic) bond motifs is 3. The van der Waals surface area contributed by atoms with Crippen molar-refractivity contribution in [3.63, 3.8) is 0 Å². The third-order valence-electron chi connectivity index (χ3n) is 6.82. The molecule has 2 aliphatic carbocycles. The Morgan fingerprint density at radius 2 is 1.62 bits per heavy atom. The van der Waals surface area contributed by atoms with E-state index in [-0.39, 0.29) is 19.1 Å². The summed E-state index contributed by atoms with van der Waals surface area (Å²) in [6.07, 6.45) is 0.755. The zero-order valence-electron chi connectivity index (χ0n) is 18.3. The Kier molecular flexibility index (Phi) is 5.67. The first-order valence-corrected chi connectivity index (χ1v) is 10.9. The number of alkyl carbamates (subject to hydrolysis) is 1. The molecule has 168 valence electrons. The van der Waals surface area contributed by atoms with Crippen LogP contribution in [0.5, 0.6) is 0 Å². The first-order chi connectivity index (χ1) is 15.3. The fourth-order valence-electron chi connectivity index (χ4n) is 4.23. The van der Waals surface area contributed by atoms with Crippen molar-refractivity contribution >= 4 is 18.0 Å². The van der Waals surface area contributed by atoms with Gasteiger partial charge in [0.25, 0.3) is 0 Å². The number of carboxylic acid groups (broad SMARTS) is 1. The van der Waals surface area contributed by atoms with Crippen LogP contribution in [0.2, 0.25) is 0 Å². The molecule has 0 saturated heterocycles. The predicted molar refractivity (Wildman–Crippen MR) is 119 cm³/mol. The lowest BCUT2D eigenvalue weighted by molar-refractivity contribution is -0.143. The SMILES string of the molecule is CCC(C)(NC(=O)OCC1c2ccccc2-c2ccccc21)C(=O)NCC1(C(=O)O)CC1. The maximum Gasteiger partial charge on any atom is 0.408 e. The molecule has 2 aliphatic rings. The Labute approximate surface area is 187 Å². The minimum absolute atomic E-state index is 0.0587. The topological polar surface area (TPSA) is 105 Å². The van der Waals surface area contributed by atoms with E-state index in [0.717, 1.165) is 22.3 Å². The molecular weight excluding hydrogens is 408 g/mol. The van der Waals surface area contributed by atoms with Gasteiger partial charge in [0.2, 0.25) is 5.91 Å². The molecule has 0 spiro atoms. The van der Waals surface area contributed by atoms with Gasteiger partial charge in [0.15, 0.2) is 0 Å². The summed E-state index contributed by atoms with van der Waals surface area (Å²) >= 11 is 0. The van der Waals surface area contributed by atoms with Crippen LogP contribution in [-0.4, -0.2) is 41.8 Å². The molecule has 7 nitrogen and oxygen atoms in total. The van der Waals surface area contributed by atoms with Gasteiger partial charge in [-0.1, -0.05) is 55.5 Å². The van der Waals surface area contributed by atoms with Gasteiger partial charge in [-0.05, 0) is 48.4 Å². The molecule has 0 bridgehead atoms. The standard InChI is InChI=1S/C25H28N2O5/c1-3-24(2,21(28)26-15-25(12-13-25)22(29)30)27-23(31)32-14-20-18-10-6-4-8-16(18)17-9-5-7-11-19(17)20/h4-11,20H,3,12-15H2,1-2H3,(H,26,28)(H,27,31)(H,29,30). The van der Waals surface area contributed by atoms with Gasteiger partial charge in [-0.3, -0.25) is 9.59 Å². The van der Waals surface area contributed by atoms with Gasteiger partial charge in [0.05, 0.1) is 5.41 Å². The van der Waals surface area contributed by atoms with Crippen LogP contribution >= 0.6 is 0 Å². The quantitative estimate of drug-likeness (QED) is 0.586. The molecule has 2 aromatic rings. The van der Waals surface area contributed by atoms with E-state index in [4.69, 9.17) is 4.74 Å². The number of rotatable bonds is 8. The number of benzene rings is 2. The molecule has 0 radical (unpaired) electrons. The molecule has 3 N–H and O–H groups in total. The molecule has 7 heteroatoms. The summed E-state index contributed by atoms with van der Waals surface area (Å²) < 4.78 is 5.56. The maximum atomic E-state index is 12.7. The summed E-state index contributed by atoms with van der Waals surface area (Å²) in [6.45, 7) is 3.62. The van der Waals surface area contributed by atoms with Crippen molar-refractivity contribution in [3.05, 3.63) is 59.7 Å². The second kappa shape index (κ2) is 8.30. The molecule has 0 heterocycles. The van der Waals surface area contributed by atoms with E-state index in [0.29, 0.717) is 19.3 Å². The Hall–Kier alpha value is -3.35. The normalized spacial score (nSPS) is 17.4. The van der Waals surface area contributed by atoms with Crippen molar-refractivity contribution in [2.45, 2.75) is 44.6 Å². The van der Waals surface area contributed by atoms with Gasteiger partial charge in [0.1, 0.15) is 12.1 Å². The van der Waals surface area contributed by atoms with Crippen molar-refractivity contribution in [1.82, 2.24) is 10.6 Å². The molecule has 1 fully saturated rings. The molecule has 1 unspecified atom stereocenters. The Morgan fingerprint density at radius 1 is 1.06 bits per heavy atom. The van der Waals surface area contributed by atoms with Crippen LogP contribution in [-0.2, 0) is 14.3 Å². The predicted octanol–water partition coefficient (Wildman–Crippen LogP) is 3.67. The number of ether oxygens (including phenoxy) is 1.